The van der Waals surface area contributed by atoms with Gasteiger partial charge in [-0.2, -0.15) is 0 Å². The highest BCUT2D eigenvalue weighted by Gasteiger charge is 2.45. The summed E-state index contributed by atoms with van der Waals surface area (Å²) >= 11 is 1.54. The Hall–Kier alpha value is -3.03. The molecular weight excluding hydrogens is 372 g/mol. The second-order valence-corrected chi connectivity index (χ2v) is 7.92. The average Bonchev–Trinajstić information content (AvgIpc) is 3.43. The lowest BCUT2D eigenvalue weighted by Crippen LogP contribution is -2.36. The van der Waals surface area contributed by atoms with Gasteiger partial charge in [-0.1, -0.05) is 18.2 Å². The van der Waals surface area contributed by atoms with Gasteiger partial charge in [0.15, 0.2) is 5.60 Å². The molecule has 1 amide bonds. The lowest BCUT2D eigenvalue weighted by molar-refractivity contribution is -0.143. The molecule has 0 saturated carbocycles. The van der Waals surface area contributed by atoms with Crippen molar-refractivity contribution in [3.8, 4) is 21.8 Å². The summed E-state index contributed by atoms with van der Waals surface area (Å²) in [5, 5.41) is 14.8. The Morgan fingerprint density at radius 2 is 2.18 bits per heavy atom. The number of hydrogen-bond donors (Lipinski definition) is 2. The van der Waals surface area contributed by atoms with Gasteiger partial charge >= 0.3 is 0 Å². The van der Waals surface area contributed by atoms with Crippen LogP contribution in [-0.4, -0.2) is 44.5 Å². The third-order valence-corrected chi connectivity index (χ3v) is 6.22. The van der Waals surface area contributed by atoms with Crippen LogP contribution < -0.4 is 0 Å². The molecule has 1 atom stereocenters. The van der Waals surface area contributed by atoms with Gasteiger partial charge in [-0.15, -0.1) is 11.3 Å². The van der Waals surface area contributed by atoms with Gasteiger partial charge in [-0.3, -0.25) is 4.79 Å². The second-order valence-electron chi connectivity index (χ2n) is 7.06. The van der Waals surface area contributed by atoms with Crippen molar-refractivity contribution in [1.82, 2.24) is 19.9 Å². The molecule has 7 heteroatoms. The van der Waals surface area contributed by atoms with Crippen LogP contribution >= 0.6 is 11.3 Å². The van der Waals surface area contributed by atoms with Gasteiger partial charge in [0.2, 0.25) is 0 Å². The average molecular weight is 390 g/mol. The first-order chi connectivity index (χ1) is 13.6. The molecule has 0 radical (unpaired) electrons. The van der Waals surface area contributed by atoms with E-state index in [9.17, 15) is 9.90 Å². The van der Waals surface area contributed by atoms with Crippen molar-refractivity contribution < 1.29 is 9.90 Å². The van der Waals surface area contributed by atoms with Crippen LogP contribution in [0.25, 0.3) is 32.9 Å². The normalized spacial score (nSPS) is 19.6. The van der Waals surface area contributed by atoms with Crippen LogP contribution in [0.5, 0.6) is 0 Å². The number of benzene rings is 1. The lowest BCUT2D eigenvalue weighted by Gasteiger charge is -2.21. The van der Waals surface area contributed by atoms with Crippen LogP contribution in [0.15, 0.2) is 54.2 Å². The summed E-state index contributed by atoms with van der Waals surface area (Å²) in [6.45, 7) is 0.551. The Balaban J connectivity index is 1.52. The SMILES string of the molecule is CN1CCC(O)(c2cccc(-c3nc(-c4c[nH]c5ncccc45)cs3)c2)C1=O. The van der Waals surface area contributed by atoms with E-state index in [4.69, 9.17) is 4.98 Å². The fraction of sp³-hybridized carbons (Fsp3) is 0.190. The quantitative estimate of drug-likeness (QED) is 0.562. The minimum Gasteiger partial charge on any atom is -0.375 e. The second kappa shape index (κ2) is 6.25. The van der Waals surface area contributed by atoms with Gasteiger partial charge in [0, 0.05) is 54.3 Å². The zero-order valence-electron chi connectivity index (χ0n) is 15.2. The minimum absolute atomic E-state index is 0.254. The number of nitrogens with one attached hydrogen (secondary N) is 1. The molecule has 4 heterocycles. The van der Waals surface area contributed by atoms with Gasteiger partial charge in [0.25, 0.3) is 5.91 Å². The number of H-pyrrole nitrogens is 1. The van der Waals surface area contributed by atoms with E-state index in [1.165, 1.54) is 11.3 Å². The molecule has 0 bridgehead atoms. The number of hydrogen-bond acceptors (Lipinski definition) is 5. The van der Waals surface area contributed by atoms with E-state index in [-0.39, 0.29) is 5.91 Å². The number of aliphatic hydroxyl groups is 1. The van der Waals surface area contributed by atoms with Crippen molar-refractivity contribution in [3.05, 3.63) is 59.7 Å². The van der Waals surface area contributed by atoms with Crippen molar-refractivity contribution in [1.29, 1.82) is 0 Å². The molecular formula is C21H18N4O2S. The Labute approximate surface area is 165 Å². The number of amides is 1. The lowest BCUT2D eigenvalue weighted by atomic mass is 9.91. The molecule has 3 aromatic heterocycles. The number of aromatic amines is 1. The van der Waals surface area contributed by atoms with Gasteiger partial charge < -0.3 is 15.0 Å². The topological polar surface area (TPSA) is 82.1 Å². The van der Waals surface area contributed by atoms with Crippen LogP contribution in [-0.2, 0) is 10.4 Å². The predicted molar refractivity (Wildman–Crippen MR) is 109 cm³/mol. The number of rotatable bonds is 3. The number of likely N-dealkylation sites (N-methyl/N-ethyl adjacent to an activating group) is 1. The van der Waals surface area contributed by atoms with E-state index in [2.05, 4.69) is 9.97 Å². The minimum atomic E-state index is -1.45. The molecule has 1 saturated heterocycles. The van der Waals surface area contributed by atoms with E-state index in [1.54, 1.807) is 24.2 Å². The van der Waals surface area contributed by atoms with Crippen molar-refractivity contribution in [2.45, 2.75) is 12.0 Å². The number of aromatic nitrogens is 3. The highest BCUT2D eigenvalue weighted by molar-refractivity contribution is 7.13. The van der Waals surface area contributed by atoms with Crippen molar-refractivity contribution in [2.24, 2.45) is 0 Å². The number of carbonyl (C=O) groups excluding carboxylic acids is 1. The van der Waals surface area contributed by atoms with E-state index in [0.717, 1.165) is 32.9 Å². The number of likely N-dealkylation sites (tertiary alicyclic amines) is 1. The van der Waals surface area contributed by atoms with E-state index in [1.807, 2.05) is 41.9 Å². The van der Waals surface area contributed by atoms with E-state index >= 15 is 0 Å². The molecule has 6 nitrogen and oxygen atoms in total. The Morgan fingerprint density at radius 3 is 3.00 bits per heavy atom. The zero-order chi connectivity index (χ0) is 19.3. The van der Waals surface area contributed by atoms with Crippen LogP contribution in [0.4, 0.5) is 0 Å². The van der Waals surface area contributed by atoms with Crippen molar-refractivity contribution in [3.63, 3.8) is 0 Å². The number of nitrogens with zero attached hydrogens (tertiary/aromatic N) is 3. The Bertz CT molecular complexity index is 1200. The first kappa shape index (κ1) is 17.1. The third kappa shape index (κ3) is 2.55. The summed E-state index contributed by atoms with van der Waals surface area (Å²) in [6.07, 6.45) is 4.08. The molecule has 5 rings (SSSR count). The summed E-state index contributed by atoms with van der Waals surface area (Å²) in [6, 6.07) is 11.4. The zero-order valence-corrected chi connectivity index (χ0v) is 16.0. The van der Waals surface area contributed by atoms with Crippen LogP contribution in [0.3, 0.4) is 0 Å². The standard InChI is InChI=1S/C21H18N4O2S/c1-25-9-7-21(27,20(25)26)14-5-2-4-13(10-14)19-24-17(12-28-19)16-11-23-18-15(16)6-3-8-22-18/h2-6,8,10-12,27H,7,9H2,1H3,(H,22,23). The van der Waals surface area contributed by atoms with Crippen LogP contribution in [0.1, 0.15) is 12.0 Å². The predicted octanol–water partition coefficient (Wildman–Crippen LogP) is 3.40. The smallest absolute Gasteiger partial charge is 0.258 e. The molecule has 28 heavy (non-hydrogen) atoms. The molecule has 1 aliphatic heterocycles. The fourth-order valence-corrected chi connectivity index (χ4v) is 4.55. The molecule has 0 aliphatic carbocycles. The third-order valence-electron chi connectivity index (χ3n) is 5.33. The number of carbonyl (C=O) groups is 1. The maximum absolute atomic E-state index is 12.4. The summed E-state index contributed by atoms with van der Waals surface area (Å²) in [5.41, 5.74) is 2.77. The molecule has 1 fully saturated rings. The molecule has 1 aromatic carbocycles. The summed E-state index contributed by atoms with van der Waals surface area (Å²) < 4.78 is 0. The van der Waals surface area contributed by atoms with E-state index in [0.29, 0.717) is 18.5 Å². The van der Waals surface area contributed by atoms with Crippen molar-refractivity contribution in [2.75, 3.05) is 13.6 Å². The van der Waals surface area contributed by atoms with Crippen LogP contribution in [0, 0.1) is 0 Å². The molecule has 140 valence electrons. The van der Waals surface area contributed by atoms with Gasteiger partial charge in [-0.25, -0.2) is 9.97 Å². The highest BCUT2D eigenvalue weighted by atomic mass is 32.1. The summed E-state index contributed by atoms with van der Waals surface area (Å²) in [7, 11) is 1.72. The highest BCUT2D eigenvalue weighted by Crippen LogP contribution is 2.36. The number of thiazole rings is 1. The maximum atomic E-state index is 12.4. The fourth-order valence-electron chi connectivity index (χ4n) is 3.73. The van der Waals surface area contributed by atoms with Gasteiger partial charge in [0.05, 0.1) is 5.69 Å². The molecule has 4 aromatic rings. The van der Waals surface area contributed by atoms with Crippen LogP contribution in [0.2, 0.25) is 0 Å². The Kier molecular flexibility index (Phi) is 3.82. The van der Waals surface area contributed by atoms with E-state index < -0.39 is 5.60 Å². The van der Waals surface area contributed by atoms with Gasteiger partial charge in [-0.05, 0) is 23.8 Å². The maximum Gasteiger partial charge on any atom is 0.258 e. The summed E-state index contributed by atoms with van der Waals surface area (Å²) in [4.78, 5) is 26.3. The molecule has 1 aliphatic rings. The van der Waals surface area contributed by atoms with Crippen molar-refractivity contribution >= 4 is 28.3 Å². The first-order valence-corrected chi connectivity index (χ1v) is 9.91. The largest absolute Gasteiger partial charge is 0.375 e. The first-order valence-electron chi connectivity index (χ1n) is 9.03. The molecule has 0 spiro atoms. The van der Waals surface area contributed by atoms with Gasteiger partial charge in [0.1, 0.15) is 10.7 Å². The Morgan fingerprint density at radius 1 is 1.29 bits per heavy atom. The molecule has 1 unspecified atom stereocenters. The number of fused-ring (bicyclic) bond motifs is 1. The summed E-state index contributed by atoms with van der Waals surface area (Å²) in [5.74, 6) is -0.254. The number of pyridine rings is 1. The monoisotopic (exact) mass is 390 g/mol. The molecule has 2 N–H and O–H groups in total.